The molecule has 92 valence electrons. The van der Waals surface area contributed by atoms with Gasteiger partial charge in [-0.2, -0.15) is 0 Å². The minimum absolute atomic E-state index is 0.152. The molecule has 0 saturated heterocycles. The molecule has 0 unspecified atom stereocenters. The first kappa shape index (κ1) is 12.1. The van der Waals surface area contributed by atoms with Gasteiger partial charge in [0.05, 0.1) is 6.54 Å². The minimum Gasteiger partial charge on any atom is -0.480 e. The number of carbonyl (C=O) groups is 1. The monoisotopic (exact) mass is 233 g/mol. The summed E-state index contributed by atoms with van der Waals surface area (Å²) in [5, 5.41) is 8.98. The third-order valence-electron chi connectivity index (χ3n) is 3.41. The van der Waals surface area contributed by atoms with Crippen LogP contribution >= 0.6 is 0 Å². The molecule has 1 N–H and O–H groups in total. The number of carboxylic acids is 1. The molecular weight excluding hydrogens is 214 g/mol. The average molecular weight is 233 g/mol. The van der Waals surface area contributed by atoms with Crippen molar-refractivity contribution in [3.8, 4) is 0 Å². The highest BCUT2D eigenvalue weighted by Crippen LogP contribution is 2.24. The van der Waals surface area contributed by atoms with Gasteiger partial charge < -0.3 is 5.11 Å². The molecule has 0 aliphatic heterocycles. The van der Waals surface area contributed by atoms with Crippen LogP contribution in [-0.4, -0.2) is 28.6 Å². The Morgan fingerprint density at radius 3 is 2.47 bits per heavy atom. The van der Waals surface area contributed by atoms with Crippen LogP contribution in [0.25, 0.3) is 0 Å². The second-order valence-corrected chi connectivity index (χ2v) is 4.72. The zero-order chi connectivity index (χ0) is 12.1. The van der Waals surface area contributed by atoms with E-state index >= 15 is 0 Å². The van der Waals surface area contributed by atoms with Crippen LogP contribution in [-0.2, 0) is 11.3 Å². The third kappa shape index (κ3) is 3.56. The van der Waals surface area contributed by atoms with Gasteiger partial charge in [-0.05, 0) is 18.4 Å². The van der Waals surface area contributed by atoms with Gasteiger partial charge in [-0.1, -0.05) is 43.2 Å². The molecule has 1 aliphatic carbocycles. The number of carboxylic acid groups (broad SMARTS) is 1. The summed E-state index contributed by atoms with van der Waals surface area (Å²) >= 11 is 0. The van der Waals surface area contributed by atoms with Crippen molar-refractivity contribution in [2.45, 2.75) is 38.3 Å². The first-order valence-electron chi connectivity index (χ1n) is 6.25. The van der Waals surface area contributed by atoms with E-state index in [9.17, 15) is 4.79 Å². The van der Waals surface area contributed by atoms with Gasteiger partial charge in [-0.3, -0.25) is 9.69 Å². The summed E-state index contributed by atoms with van der Waals surface area (Å²) in [7, 11) is 0. The predicted octanol–water partition coefficient (Wildman–Crippen LogP) is 2.52. The Morgan fingerprint density at radius 1 is 1.24 bits per heavy atom. The highest BCUT2D eigenvalue weighted by Gasteiger charge is 2.24. The van der Waals surface area contributed by atoms with Crippen molar-refractivity contribution in [3.05, 3.63) is 35.9 Å². The molecule has 3 nitrogen and oxygen atoms in total. The van der Waals surface area contributed by atoms with E-state index in [4.69, 9.17) is 5.11 Å². The van der Waals surface area contributed by atoms with E-state index in [1.54, 1.807) is 0 Å². The lowest BCUT2D eigenvalue weighted by Gasteiger charge is -2.27. The van der Waals surface area contributed by atoms with Crippen molar-refractivity contribution in [2.75, 3.05) is 6.54 Å². The van der Waals surface area contributed by atoms with E-state index < -0.39 is 5.97 Å². The van der Waals surface area contributed by atoms with Crippen LogP contribution in [0.2, 0.25) is 0 Å². The number of rotatable bonds is 5. The van der Waals surface area contributed by atoms with Crippen molar-refractivity contribution >= 4 is 5.97 Å². The van der Waals surface area contributed by atoms with E-state index in [0.29, 0.717) is 6.04 Å². The van der Waals surface area contributed by atoms with Gasteiger partial charge in [0.1, 0.15) is 0 Å². The molecule has 3 heteroatoms. The fourth-order valence-corrected chi connectivity index (χ4v) is 2.58. The molecule has 0 bridgehead atoms. The zero-order valence-corrected chi connectivity index (χ0v) is 10.0. The number of hydrogen-bond acceptors (Lipinski definition) is 2. The molecule has 0 aromatic heterocycles. The van der Waals surface area contributed by atoms with Crippen molar-refractivity contribution in [3.63, 3.8) is 0 Å². The van der Waals surface area contributed by atoms with Gasteiger partial charge >= 0.3 is 5.97 Å². The van der Waals surface area contributed by atoms with Gasteiger partial charge in [-0.25, -0.2) is 0 Å². The average Bonchev–Trinajstić information content (AvgIpc) is 2.82. The number of benzene rings is 1. The third-order valence-corrected chi connectivity index (χ3v) is 3.41. The summed E-state index contributed by atoms with van der Waals surface area (Å²) in [5.41, 5.74) is 1.20. The van der Waals surface area contributed by atoms with E-state index in [2.05, 4.69) is 17.0 Å². The Kier molecular flexibility index (Phi) is 4.15. The fraction of sp³-hybridized carbons (Fsp3) is 0.500. The Morgan fingerprint density at radius 2 is 1.88 bits per heavy atom. The number of hydrogen-bond donors (Lipinski definition) is 1. The summed E-state index contributed by atoms with van der Waals surface area (Å²) in [6, 6.07) is 10.6. The lowest BCUT2D eigenvalue weighted by Crippen LogP contribution is -2.36. The lowest BCUT2D eigenvalue weighted by atomic mass is 10.1. The molecule has 0 atom stereocenters. The maximum atomic E-state index is 10.9. The molecule has 0 amide bonds. The highest BCUT2D eigenvalue weighted by atomic mass is 16.4. The lowest BCUT2D eigenvalue weighted by molar-refractivity contribution is -0.139. The van der Waals surface area contributed by atoms with Crippen LogP contribution in [0.3, 0.4) is 0 Å². The molecular formula is C14H19NO2. The molecule has 1 fully saturated rings. The van der Waals surface area contributed by atoms with E-state index in [0.717, 1.165) is 19.4 Å². The Hall–Kier alpha value is -1.35. The van der Waals surface area contributed by atoms with Crippen molar-refractivity contribution < 1.29 is 9.90 Å². The smallest absolute Gasteiger partial charge is 0.317 e. The number of aliphatic carboxylic acids is 1. The van der Waals surface area contributed by atoms with Crippen LogP contribution in [0.15, 0.2) is 30.3 Å². The first-order valence-corrected chi connectivity index (χ1v) is 6.25. The Balaban J connectivity index is 2.02. The molecule has 1 aromatic rings. The summed E-state index contributed by atoms with van der Waals surface area (Å²) in [4.78, 5) is 13.0. The molecule has 0 radical (unpaired) electrons. The van der Waals surface area contributed by atoms with Gasteiger partial charge in [0, 0.05) is 12.6 Å². The van der Waals surface area contributed by atoms with Crippen molar-refractivity contribution in [2.24, 2.45) is 0 Å². The van der Waals surface area contributed by atoms with Crippen LogP contribution in [0.1, 0.15) is 31.2 Å². The van der Waals surface area contributed by atoms with E-state index in [1.807, 2.05) is 18.2 Å². The highest BCUT2D eigenvalue weighted by molar-refractivity contribution is 5.69. The quantitative estimate of drug-likeness (QED) is 0.849. The van der Waals surface area contributed by atoms with E-state index in [-0.39, 0.29) is 6.54 Å². The van der Waals surface area contributed by atoms with E-state index in [1.165, 1.54) is 18.4 Å². The normalized spacial score (nSPS) is 16.5. The topological polar surface area (TPSA) is 40.5 Å². The maximum absolute atomic E-state index is 10.9. The summed E-state index contributed by atoms with van der Waals surface area (Å²) < 4.78 is 0. The van der Waals surface area contributed by atoms with Crippen LogP contribution in [0.5, 0.6) is 0 Å². The SMILES string of the molecule is O=C(O)CN(Cc1ccccc1)C1CCCC1. The van der Waals surface area contributed by atoms with Crippen LogP contribution in [0.4, 0.5) is 0 Å². The van der Waals surface area contributed by atoms with Crippen molar-refractivity contribution in [1.29, 1.82) is 0 Å². The second-order valence-electron chi connectivity index (χ2n) is 4.72. The summed E-state index contributed by atoms with van der Waals surface area (Å²) in [6.07, 6.45) is 4.74. The van der Waals surface area contributed by atoms with Crippen LogP contribution in [0, 0.1) is 0 Å². The summed E-state index contributed by atoms with van der Waals surface area (Å²) in [6.45, 7) is 0.900. The predicted molar refractivity (Wildman–Crippen MR) is 66.7 cm³/mol. The molecule has 1 saturated carbocycles. The molecule has 0 spiro atoms. The Labute approximate surface area is 102 Å². The maximum Gasteiger partial charge on any atom is 0.317 e. The second kappa shape index (κ2) is 5.82. The number of nitrogens with zero attached hydrogens (tertiary/aromatic N) is 1. The summed E-state index contributed by atoms with van der Waals surface area (Å²) in [5.74, 6) is -0.729. The molecule has 2 rings (SSSR count). The van der Waals surface area contributed by atoms with Gasteiger partial charge in [-0.15, -0.1) is 0 Å². The zero-order valence-electron chi connectivity index (χ0n) is 10.0. The van der Waals surface area contributed by atoms with Gasteiger partial charge in [0.2, 0.25) is 0 Å². The van der Waals surface area contributed by atoms with Gasteiger partial charge in [0.15, 0.2) is 0 Å². The molecule has 1 aliphatic rings. The van der Waals surface area contributed by atoms with Crippen molar-refractivity contribution in [1.82, 2.24) is 4.90 Å². The molecule has 17 heavy (non-hydrogen) atoms. The largest absolute Gasteiger partial charge is 0.480 e. The first-order chi connectivity index (χ1) is 8.25. The minimum atomic E-state index is -0.729. The standard InChI is InChI=1S/C14H19NO2/c16-14(17)11-15(13-8-4-5-9-13)10-12-6-2-1-3-7-12/h1-3,6-7,13H,4-5,8-11H2,(H,16,17). The fourth-order valence-electron chi connectivity index (χ4n) is 2.58. The molecule has 0 heterocycles. The van der Waals surface area contributed by atoms with Gasteiger partial charge in [0.25, 0.3) is 0 Å². The molecule has 1 aromatic carbocycles. The Bertz CT molecular complexity index is 358. The van der Waals surface area contributed by atoms with Crippen LogP contribution < -0.4 is 0 Å².